The van der Waals surface area contributed by atoms with Crippen LogP contribution in [0.5, 0.6) is 0 Å². The number of nitrogens with two attached hydrogens (primary N) is 1. The minimum absolute atomic E-state index is 0.0373. The fraction of sp³-hybridized carbons (Fsp3) is 0.400. The number of imidazole rings is 1. The molecule has 0 unspecified atom stereocenters. The summed E-state index contributed by atoms with van der Waals surface area (Å²) >= 11 is 7.11. The second-order valence-corrected chi connectivity index (χ2v) is 5.43. The van der Waals surface area contributed by atoms with Gasteiger partial charge in [0.25, 0.3) is 10.0 Å². The van der Waals surface area contributed by atoms with Crippen LogP contribution >= 0.6 is 23.4 Å². The molecule has 0 fully saturated rings. The lowest BCUT2D eigenvalue weighted by Gasteiger charge is -2.00. The summed E-state index contributed by atoms with van der Waals surface area (Å²) in [5.41, 5.74) is 0. The number of nitrogens with zero attached hydrogens (tertiary/aromatic N) is 2. The zero-order valence-electron chi connectivity index (χ0n) is 6.40. The molecule has 0 amide bonds. The maximum atomic E-state index is 11.1. The summed E-state index contributed by atoms with van der Waals surface area (Å²) in [7, 11) is -3.76. The van der Waals surface area contributed by atoms with Gasteiger partial charge < -0.3 is 4.57 Å². The van der Waals surface area contributed by atoms with Gasteiger partial charge in [0.1, 0.15) is 0 Å². The van der Waals surface area contributed by atoms with E-state index >= 15 is 0 Å². The zero-order valence-corrected chi connectivity index (χ0v) is 8.79. The van der Waals surface area contributed by atoms with Gasteiger partial charge in [-0.3, -0.25) is 0 Å². The van der Waals surface area contributed by atoms with Crippen molar-refractivity contribution in [1.82, 2.24) is 9.55 Å². The lowest BCUT2D eigenvalue weighted by atomic mass is 10.7. The lowest BCUT2D eigenvalue weighted by molar-refractivity contribution is 0.574. The third-order valence-corrected chi connectivity index (χ3v) is 3.95. The topological polar surface area (TPSA) is 78.0 Å². The van der Waals surface area contributed by atoms with E-state index in [1.807, 2.05) is 0 Å². The maximum absolute atomic E-state index is 11.1. The smallest absolute Gasteiger partial charge is 0.256 e. The van der Waals surface area contributed by atoms with Gasteiger partial charge in [-0.25, -0.2) is 18.5 Å². The van der Waals surface area contributed by atoms with Crippen LogP contribution in [0.25, 0.3) is 0 Å². The Morgan fingerprint density at radius 1 is 1.62 bits per heavy atom. The van der Waals surface area contributed by atoms with Crippen molar-refractivity contribution in [2.24, 2.45) is 5.14 Å². The number of sulfonamides is 1. The highest BCUT2D eigenvalue weighted by Gasteiger charge is 2.27. The van der Waals surface area contributed by atoms with E-state index in [2.05, 4.69) is 4.98 Å². The predicted octanol–water partition coefficient (Wildman–Crippen LogP) is 0.290. The van der Waals surface area contributed by atoms with Crippen LogP contribution in [-0.4, -0.2) is 23.7 Å². The Balaban J connectivity index is 2.70. The molecule has 0 atom stereocenters. The first kappa shape index (κ1) is 9.32. The molecule has 0 saturated heterocycles. The van der Waals surface area contributed by atoms with E-state index in [1.165, 1.54) is 16.3 Å². The second kappa shape index (κ2) is 2.88. The van der Waals surface area contributed by atoms with Gasteiger partial charge in [-0.15, -0.1) is 0 Å². The summed E-state index contributed by atoms with van der Waals surface area (Å²) in [6.07, 6.45) is 0. The first-order chi connectivity index (χ1) is 6.00. The van der Waals surface area contributed by atoms with Crippen molar-refractivity contribution in [3.63, 3.8) is 0 Å². The molecular formula is C5H6ClN3O2S2. The largest absolute Gasteiger partial charge is 0.307 e. The van der Waals surface area contributed by atoms with Gasteiger partial charge >= 0.3 is 0 Å². The van der Waals surface area contributed by atoms with Crippen LogP contribution in [-0.2, 0) is 16.6 Å². The van der Waals surface area contributed by atoms with Crippen LogP contribution in [0.15, 0.2) is 10.2 Å². The third kappa shape index (κ3) is 1.45. The fourth-order valence-electron chi connectivity index (χ4n) is 1.20. The average molecular weight is 240 g/mol. The Hall–Kier alpha value is -0.240. The normalized spacial score (nSPS) is 16.2. The molecule has 8 heteroatoms. The Kier molecular flexibility index (Phi) is 2.06. The van der Waals surface area contributed by atoms with E-state index < -0.39 is 10.0 Å². The molecule has 2 heterocycles. The highest BCUT2D eigenvalue weighted by Crippen LogP contribution is 2.32. The molecule has 0 radical (unpaired) electrons. The van der Waals surface area contributed by atoms with Gasteiger partial charge in [-0.05, 0) is 0 Å². The van der Waals surface area contributed by atoms with Crippen molar-refractivity contribution in [3.05, 3.63) is 5.15 Å². The summed E-state index contributed by atoms with van der Waals surface area (Å²) in [4.78, 5) is 3.89. The lowest BCUT2D eigenvalue weighted by Crippen LogP contribution is -2.17. The van der Waals surface area contributed by atoms with Crippen molar-refractivity contribution < 1.29 is 8.42 Å². The molecule has 1 aromatic heterocycles. The first-order valence-corrected chi connectivity index (χ1v) is 6.33. The summed E-state index contributed by atoms with van der Waals surface area (Å²) in [6, 6.07) is 0. The SMILES string of the molecule is NS(=O)(=O)c1c(Cl)nc2n1CCS2. The number of halogens is 1. The molecule has 0 bridgehead atoms. The van der Waals surface area contributed by atoms with Crippen LogP contribution in [0.3, 0.4) is 0 Å². The number of thioether (sulfide) groups is 1. The van der Waals surface area contributed by atoms with Gasteiger partial charge in [0.05, 0.1) is 0 Å². The monoisotopic (exact) mass is 239 g/mol. The Bertz CT molecular complexity index is 453. The van der Waals surface area contributed by atoms with Gasteiger partial charge in [0.2, 0.25) is 0 Å². The van der Waals surface area contributed by atoms with Crippen molar-refractivity contribution in [1.29, 1.82) is 0 Å². The minimum atomic E-state index is -3.76. The van der Waals surface area contributed by atoms with Crippen molar-refractivity contribution in [2.45, 2.75) is 16.7 Å². The predicted molar refractivity (Wildman–Crippen MR) is 49.3 cm³/mol. The maximum Gasteiger partial charge on any atom is 0.256 e. The number of hydrogen-bond donors (Lipinski definition) is 1. The van der Waals surface area contributed by atoms with Crippen LogP contribution < -0.4 is 5.14 Å². The molecule has 0 spiro atoms. The van der Waals surface area contributed by atoms with Crippen LogP contribution in [0.2, 0.25) is 5.15 Å². The van der Waals surface area contributed by atoms with E-state index in [0.29, 0.717) is 11.7 Å². The van der Waals surface area contributed by atoms with Crippen LogP contribution in [0, 0.1) is 0 Å². The third-order valence-electron chi connectivity index (χ3n) is 1.66. The molecular weight excluding hydrogens is 234 g/mol. The molecule has 1 aliphatic rings. The summed E-state index contributed by atoms with van der Waals surface area (Å²) in [6.45, 7) is 0.589. The zero-order chi connectivity index (χ0) is 9.64. The molecule has 2 N–H and O–H groups in total. The number of primary sulfonamides is 1. The van der Waals surface area contributed by atoms with Gasteiger partial charge in [0.15, 0.2) is 15.3 Å². The average Bonchev–Trinajstić information content (AvgIpc) is 2.41. The summed E-state index contributed by atoms with van der Waals surface area (Å²) in [5, 5.41) is 5.50. The second-order valence-electron chi connectivity index (χ2n) is 2.54. The Morgan fingerprint density at radius 3 is 2.92 bits per heavy atom. The van der Waals surface area contributed by atoms with E-state index in [9.17, 15) is 8.42 Å². The number of rotatable bonds is 1. The minimum Gasteiger partial charge on any atom is -0.307 e. The van der Waals surface area contributed by atoms with Crippen LogP contribution in [0.1, 0.15) is 0 Å². The number of hydrogen-bond acceptors (Lipinski definition) is 4. The molecule has 0 saturated carbocycles. The van der Waals surface area contributed by atoms with Gasteiger partial charge in [-0.2, -0.15) is 0 Å². The summed E-state index contributed by atoms with van der Waals surface area (Å²) in [5.74, 6) is 0.808. The standard InChI is InChI=1S/C5H6ClN3O2S2/c6-3-4(13(7,10)11)9-1-2-12-5(9)8-3/h1-2H2,(H2,7,10,11). The van der Waals surface area contributed by atoms with E-state index in [0.717, 1.165) is 5.75 Å². The molecule has 2 rings (SSSR count). The Morgan fingerprint density at radius 2 is 2.31 bits per heavy atom. The van der Waals surface area contributed by atoms with Crippen molar-refractivity contribution >= 4 is 33.4 Å². The highest BCUT2D eigenvalue weighted by molar-refractivity contribution is 7.99. The van der Waals surface area contributed by atoms with Crippen molar-refractivity contribution in [3.8, 4) is 0 Å². The van der Waals surface area contributed by atoms with Gasteiger partial charge in [-0.1, -0.05) is 23.4 Å². The van der Waals surface area contributed by atoms with Gasteiger partial charge in [0, 0.05) is 12.3 Å². The fourth-order valence-corrected chi connectivity index (χ4v) is 3.53. The quantitative estimate of drug-likeness (QED) is 0.764. The Labute approximate surface area is 84.3 Å². The molecule has 0 aromatic carbocycles. The summed E-state index contributed by atoms with van der Waals surface area (Å²) < 4.78 is 23.7. The van der Waals surface area contributed by atoms with E-state index in [4.69, 9.17) is 16.7 Å². The molecule has 5 nitrogen and oxygen atoms in total. The number of fused-ring (bicyclic) bond motifs is 1. The van der Waals surface area contributed by atoms with E-state index in [-0.39, 0.29) is 10.2 Å². The molecule has 1 aliphatic heterocycles. The highest BCUT2D eigenvalue weighted by atomic mass is 35.5. The molecule has 0 aliphatic carbocycles. The van der Waals surface area contributed by atoms with Crippen molar-refractivity contribution in [2.75, 3.05) is 5.75 Å². The molecule has 72 valence electrons. The van der Waals surface area contributed by atoms with E-state index in [1.54, 1.807) is 0 Å². The molecule has 13 heavy (non-hydrogen) atoms. The number of aromatic nitrogens is 2. The first-order valence-electron chi connectivity index (χ1n) is 3.42. The molecule has 1 aromatic rings. The van der Waals surface area contributed by atoms with Crippen LogP contribution in [0.4, 0.5) is 0 Å².